The molecule has 0 fully saturated rings. The summed E-state index contributed by atoms with van der Waals surface area (Å²) in [4.78, 5) is 2.05. The van der Waals surface area contributed by atoms with Crippen LogP contribution >= 0.6 is 0 Å². The van der Waals surface area contributed by atoms with Crippen molar-refractivity contribution in [1.82, 2.24) is 4.90 Å². The topological polar surface area (TPSA) is 43.7 Å². The van der Waals surface area contributed by atoms with Gasteiger partial charge in [0, 0.05) is 30.9 Å². The lowest BCUT2D eigenvalue weighted by atomic mass is 9.77. The highest BCUT2D eigenvalue weighted by atomic mass is 16.3. The third-order valence-corrected chi connectivity index (χ3v) is 4.96. The van der Waals surface area contributed by atoms with E-state index >= 15 is 0 Å². The fourth-order valence-electron chi connectivity index (χ4n) is 3.40. The molecule has 3 heteroatoms. The van der Waals surface area contributed by atoms with Gasteiger partial charge in [0.25, 0.3) is 0 Å². The van der Waals surface area contributed by atoms with Crippen molar-refractivity contribution in [3.8, 4) is 11.5 Å². The van der Waals surface area contributed by atoms with Crippen LogP contribution in [-0.4, -0.2) is 29.2 Å². The predicted molar refractivity (Wildman–Crippen MR) is 113 cm³/mol. The summed E-state index contributed by atoms with van der Waals surface area (Å²) >= 11 is 0. The minimum Gasteiger partial charge on any atom is -0.508 e. The van der Waals surface area contributed by atoms with Crippen molar-refractivity contribution in [2.24, 2.45) is 5.41 Å². The monoisotopic (exact) mass is 359 g/mol. The number of benzene rings is 1. The van der Waals surface area contributed by atoms with E-state index in [4.69, 9.17) is 0 Å². The van der Waals surface area contributed by atoms with Crippen molar-refractivity contribution in [2.75, 3.05) is 14.1 Å². The van der Waals surface area contributed by atoms with Gasteiger partial charge in [-0.15, -0.1) is 0 Å². The molecule has 1 rings (SSSR count). The van der Waals surface area contributed by atoms with Crippen molar-refractivity contribution in [2.45, 2.75) is 66.7 Å². The summed E-state index contributed by atoms with van der Waals surface area (Å²) in [5, 5.41) is 21.2. The molecule has 0 saturated carbocycles. The van der Waals surface area contributed by atoms with Crippen molar-refractivity contribution >= 4 is 5.57 Å². The number of allylic oxidation sites excluding steroid dienone is 3. The highest BCUT2D eigenvalue weighted by Gasteiger charge is 2.27. The predicted octanol–water partition coefficient (Wildman–Crippen LogP) is 6.07. The zero-order valence-corrected chi connectivity index (χ0v) is 18.1. The molecule has 0 heterocycles. The molecule has 0 aromatic heterocycles. The summed E-state index contributed by atoms with van der Waals surface area (Å²) in [6, 6.07) is 3.51. The number of hydrogen-bond donors (Lipinski definition) is 2. The van der Waals surface area contributed by atoms with Gasteiger partial charge in [0.2, 0.25) is 0 Å². The van der Waals surface area contributed by atoms with E-state index in [0.717, 1.165) is 29.7 Å². The smallest absolute Gasteiger partial charge is 0.130 e. The number of hydrogen-bond acceptors (Lipinski definition) is 3. The molecule has 26 heavy (non-hydrogen) atoms. The number of aromatic hydroxyl groups is 2. The normalized spacial score (nSPS) is 13.4. The van der Waals surface area contributed by atoms with E-state index in [1.807, 2.05) is 45.8 Å². The van der Waals surface area contributed by atoms with Gasteiger partial charge in [-0.1, -0.05) is 53.7 Å². The largest absolute Gasteiger partial charge is 0.508 e. The third kappa shape index (κ3) is 5.06. The van der Waals surface area contributed by atoms with Gasteiger partial charge in [0.1, 0.15) is 11.5 Å². The van der Waals surface area contributed by atoms with Crippen LogP contribution in [0, 0.1) is 5.41 Å². The van der Waals surface area contributed by atoms with Gasteiger partial charge < -0.3 is 15.1 Å². The van der Waals surface area contributed by atoms with Crippen LogP contribution in [0.3, 0.4) is 0 Å². The molecule has 3 nitrogen and oxygen atoms in total. The van der Waals surface area contributed by atoms with E-state index in [1.165, 1.54) is 5.57 Å². The summed E-state index contributed by atoms with van der Waals surface area (Å²) < 4.78 is 0. The Kier molecular flexibility index (Phi) is 6.62. The Balaban J connectivity index is 3.51. The van der Waals surface area contributed by atoms with Crippen LogP contribution in [0.2, 0.25) is 0 Å². The van der Waals surface area contributed by atoms with Crippen LogP contribution in [0.5, 0.6) is 11.5 Å². The van der Waals surface area contributed by atoms with E-state index in [1.54, 1.807) is 6.07 Å². The molecule has 1 aromatic rings. The maximum Gasteiger partial charge on any atom is 0.130 e. The molecule has 0 aliphatic heterocycles. The number of phenolic OH excluding ortho intramolecular Hbond substituents is 2. The average molecular weight is 360 g/mol. The third-order valence-electron chi connectivity index (χ3n) is 4.96. The highest BCUT2D eigenvalue weighted by molar-refractivity contribution is 5.75. The summed E-state index contributed by atoms with van der Waals surface area (Å²) in [6.45, 7) is 18.8. The molecule has 0 saturated heterocycles. The van der Waals surface area contributed by atoms with Crippen molar-refractivity contribution < 1.29 is 10.2 Å². The molecule has 0 spiro atoms. The lowest BCUT2D eigenvalue weighted by Gasteiger charge is -2.29. The summed E-state index contributed by atoms with van der Waals surface area (Å²) in [5.74, 6) is 0.327. The van der Waals surface area contributed by atoms with Crippen LogP contribution in [-0.2, 0) is 5.41 Å². The van der Waals surface area contributed by atoms with Gasteiger partial charge in [-0.05, 0) is 48.3 Å². The Labute approximate surface area is 160 Å². The molecule has 0 aliphatic rings. The Morgan fingerprint density at radius 3 is 1.96 bits per heavy atom. The average Bonchev–Trinajstić information content (AvgIpc) is 2.43. The van der Waals surface area contributed by atoms with Crippen LogP contribution in [0.15, 0.2) is 30.0 Å². The number of rotatable bonds is 5. The summed E-state index contributed by atoms with van der Waals surface area (Å²) in [7, 11) is 4.02. The van der Waals surface area contributed by atoms with Gasteiger partial charge in [-0.25, -0.2) is 0 Å². The molecule has 1 aromatic carbocycles. The van der Waals surface area contributed by atoms with E-state index in [2.05, 4.69) is 34.3 Å². The van der Waals surface area contributed by atoms with Crippen molar-refractivity contribution in [1.29, 1.82) is 0 Å². The molecule has 0 atom stereocenters. The summed E-state index contributed by atoms with van der Waals surface area (Å²) in [6.07, 6.45) is 1.76. The maximum absolute atomic E-state index is 10.9. The second-order valence-corrected chi connectivity index (χ2v) is 9.42. The fourth-order valence-corrected chi connectivity index (χ4v) is 3.40. The second-order valence-electron chi connectivity index (χ2n) is 9.42. The Morgan fingerprint density at radius 2 is 1.54 bits per heavy atom. The lowest BCUT2D eigenvalue weighted by Crippen LogP contribution is -2.15. The Bertz CT molecular complexity index is 698. The van der Waals surface area contributed by atoms with E-state index in [-0.39, 0.29) is 22.3 Å². The molecule has 0 unspecified atom stereocenters. The molecule has 0 amide bonds. The standard InChI is InChI=1S/C23H37NO2/c1-15(24(9)10)11-13-18(22(3,4)5)16(2)17-12-14-19(25)20(21(17)26)23(6,7)8/h12,14,25-26H,1,11,13H2,2-10H3/b18-16+. The minimum absolute atomic E-state index is 0.0249. The van der Waals surface area contributed by atoms with Gasteiger partial charge in [-0.2, -0.15) is 0 Å². The number of phenols is 2. The lowest BCUT2D eigenvalue weighted by molar-refractivity contribution is 0.409. The quantitative estimate of drug-likeness (QED) is 0.670. The van der Waals surface area contributed by atoms with Crippen LogP contribution in [0.25, 0.3) is 5.57 Å². The molecule has 0 radical (unpaired) electrons. The molecular formula is C23H37NO2. The summed E-state index contributed by atoms with van der Waals surface area (Å²) in [5.41, 5.74) is 4.49. The minimum atomic E-state index is -0.342. The highest BCUT2D eigenvalue weighted by Crippen LogP contribution is 2.44. The van der Waals surface area contributed by atoms with E-state index in [0.29, 0.717) is 5.56 Å². The van der Waals surface area contributed by atoms with E-state index < -0.39 is 0 Å². The molecule has 2 N–H and O–H groups in total. The van der Waals surface area contributed by atoms with Crippen molar-refractivity contribution in [3.05, 3.63) is 41.1 Å². The second kappa shape index (κ2) is 7.77. The first-order chi connectivity index (χ1) is 11.7. The van der Waals surface area contributed by atoms with Crippen LogP contribution < -0.4 is 0 Å². The SMILES string of the molecule is C=C(CC/C(=C(/C)c1ccc(O)c(C(C)(C)C)c1O)C(C)(C)C)N(C)C. The molecule has 146 valence electrons. The van der Waals surface area contributed by atoms with Gasteiger partial charge in [0.05, 0.1) is 0 Å². The number of nitrogens with zero attached hydrogens (tertiary/aromatic N) is 1. The van der Waals surface area contributed by atoms with Crippen LogP contribution in [0.1, 0.15) is 72.4 Å². The first-order valence-electron chi connectivity index (χ1n) is 9.29. The van der Waals surface area contributed by atoms with Gasteiger partial charge in [-0.3, -0.25) is 0 Å². The zero-order valence-electron chi connectivity index (χ0n) is 18.1. The fraction of sp³-hybridized carbons (Fsp3) is 0.565. The molecule has 0 bridgehead atoms. The maximum atomic E-state index is 10.9. The first-order valence-corrected chi connectivity index (χ1v) is 9.29. The Morgan fingerprint density at radius 1 is 1.00 bits per heavy atom. The van der Waals surface area contributed by atoms with Gasteiger partial charge in [0.15, 0.2) is 0 Å². The molecular weight excluding hydrogens is 322 g/mol. The van der Waals surface area contributed by atoms with Crippen molar-refractivity contribution in [3.63, 3.8) is 0 Å². The molecule has 0 aliphatic carbocycles. The van der Waals surface area contributed by atoms with Gasteiger partial charge >= 0.3 is 0 Å². The van der Waals surface area contributed by atoms with Crippen LogP contribution in [0.4, 0.5) is 0 Å². The van der Waals surface area contributed by atoms with E-state index in [9.17, 15) is 10.2 Å². The first kappa shape index (κ1) is 22.1. The Hall–Kier alpha value is -1.90. The zero-order chi connectivity index (χ0) is 20.4.